The van der Waals surface area contributed by atoms with E-state index in [0.717, 1.165) is 37.9 Å². The van der Waals surface area contributed by atoms with E-state index in [9.17, 15) is 18.0 Å². The molecule has 0 bridgehead atoms. The van der Waals surface area contributed by atoms with Crippen LogP contribution in [0.3, 0.4) is 0 Å². The van der Waals surface area contributed by atoms with Crippen LogP contribution >= 0.6 is 0 Å². The number of nitrogens with one attached hydrogen (secondary N) is 1. The number of benzene rings is 1. The standard InChI is InChI=1S/C19H22F3N5O2/c1-13-3-4-14(9-17(13)29-19(20,21)22)25-18(28)16-11-23-15(10-24-16)12-27-7-5-26(2)6-8-27/h3-4,9-11H,5-8,12H2,1-2H3,(H,25,28). The van der Waals surface area contributed by atoms with Crippen LogP contribution in [0, 0.1) is 6.92 Å². The molecule has 0 atom stereocenters. The first kappa shape index (κ1) is 21.0. The molecule has 1 aromatic heterocycles. The molecule has 1 amide bonds. The molecular weight excluding hydrogens is 387 g/mol. The van der Waals surface area contributed by atoms with Gasteiger partial charge in [-0.3, -0.25) is 14.7 Å². The van der Waals surface area contributed by atoms with Crippen molar-refractivity contribution in [1.29, 1.82) is 0 Å². The van der Waals surface area contributed by atoms with Crippen molar-refractivity contribution in [2.75, 3.05) is 38.5 Å². The molecule has 1 aliphatic rings. The first-order valence-corrected chi connectivity index (χ1v) is 9.09. The topological polar surface area (TPSA) is 70.6 Å². The van der Waals surface area contributed by atoms with Gasteiger partial charge in [-0.05, 0) is 25.6 Å². The molecule has 1 aromatic carbocycles. The number of anilines is 1. The smallest absolute Gasteiger partial charge is 0.405 e. The lowest BCUT2D eigenvalue weighted by Crippen LogP contribution is -2.44. The van der Waals surface area contributed by atoms with Gasteiger partial charge in [-0.15, -0.1) is 13.2 Å². The number of hydrogen-bond donors (Lipinski definition) is 1. The summed E-state index contributed by atoms with van der Waals surface area (Å²) in [5, 5.41) is 2.51. The van der Waals surface area contributed by atoms with Crippen LogP contribution in [0.25, 0.3) is 0 Å². The van der Waals surface area contributed by atoms with Gasteiger partial charge in [0.1, 0.15) is 11.4 Å². The molecule has 0 radical (unpaired) electrons. The Bertz CT molecular complexity index is 850. The van der Waals surface area contributed by atoms with Gasteiger partial charge in [-0.2, -0.15) is 0 Å². The fourth-order valence-electron chi connectivity index (χ4n) is 2.90. The Balaban J connectivity index is 1.61. The summed E-state index contributed by atoms with van der Waals surface area (Å²) in [4.78, 5) is 25.3. The van der Waals surface area contributed by atoms with Gasteiger partial charge in [0.15, 0.2) is 0 Å². The van der Waals surface area contributed by atoms with Gasteiger partial charge in [0.05, 0.1) is 18.1 Å². The number of likely N-dealkylation sites (N-methyl/N-ethyl adjacent to an activating group) is 1. The Kier molecular flexibility index (Phi) is 6.33. The molecule has 156 valence electrons. The number of piperazine rings is 1. The number of carbonyl (C=O) groups excluding carboxylic acids is 1. The van der Waals surface area contributed by atoms with E-state index in [-0.39, 0.29) is 17.1 Å². The van der Waals surface area contributed by atoms with Crippen LogP contribution in [0.15, 0.2) is 30.6 Å². The minimum atomic E-state index is -4.81. The minimum absolute atomic E-state index is 0.0750. The van der Waals surface area contributed by atoms with Crippen molar-refractivity contribution in [1.82, 2.24) is 19.8 Å². The van der Waals surface area contributed by atoms with Crippen molar-refractivity contribution in [2.45, 2.75) is 19.8 Å². The van der Waals surface area contributed by atoms with E-state index in [2.05, 4.69) is 36.9 Å². The number of ether oxygens (including phenoxy) is 1. The zero-order chi connectivity index (χ0) is 21.0. The van der Waals surface area contributed by atoms with E-state index in [1.54, 1.807) is 6.20 Å². The zero-order valence-electron chi connectivity index (χ0n) is 16.2. The summed E-state index contributed by atoms with van der Waals surface area (Å²) >= 11 is 0. The lowest BCUT2D eigenvalue weighted by Gasteiger charge is -2.31. The van der Waals surface area contributed by atoms with Gasteiger partial charge in [-0.1, -0.05) is 6.07 Å². The third-order valence-corrected chi connectivity index (χ3v) is 4.59. The molecule has 29 heavy (non-hydrogen) atoms. The van der Waals surface area contributed by atoms with Crippen LogP contribution < -0.4 is 10.1 Å². The highest BCUT2D eigenvalue weighted by molar-refractivity contribution is 6.02. The predicted octanol–water partition coefficient (Wildman–Crippen LogP) is 2.68. The highest BCUT2D eigenvalue weighted by atomic mass is 19.4. The molecular formula is C19H22F3N5O2. The minimum Gasteiger partial charge on any atom is -0.405 e. The predicted molar refractivity (Wildman–Crippen MR) is 101 cm³/mol. The number of aromatic nitrogens is 2. The summed E-state index contributed by atoms with van der Waals surface area (Å²) in [5.74, 6) is -0.936. The Morgan fingerprint density at radius 1 is 1.17 bits per heavy atom. The van der Waals surface area contributed by atoms with Crippen molar-refractivity contribution < 1.29 is 22.7 Å². The quantitative estimate of drug-likeness (QED) is 0.819. The van der Waals surface area contributed by atoms with Crippen molar-refractivity contribution in [3.63, 3.8) is 0 Å². The molecule has 2 heterocycles. The summed E-state index contributed by atoms with van der Waals surface area (Å²) in [5.41, 5.74) is 1.30. The zero-order valence-corrected chi connectivity index (χ0v) is 16.2. The molecule has 10 heteroatoms. The second-order valence-electron chi connectivity index (χ2n) is 6.95. The van der Waals surface area contributed by atoms with Gasteiger partial charge in [0, 0.05) is 44.5 Å². The third kappa shape index (κ3) is 6.13. The van der Waals surface area contributed by atoms with Gasteiger partial charge in [0.2, 0.25) is 0 Å². The number of aryl methyl sites for hydroxylation is 1. The third-order valence-electron chi connectivity index (χ3n) is 4.59. The molecule has 2 aromatic rings. The van der Waals surface area contributed by atoms with Crippen molar-refractivity contribution in [3.8, 4) is 5.75 Å². The van der Waals surface area contributed by atoms with E-state index in [1.165, 1.54) is 25.3 Å². The maximum absolute atomic E-state index is 12.5. The summed E-state index contributed by atoms with van der Waals surface area (Å²) in [7, 11) is 2.08. The van der Waals surface area contributed by atoms with Crippen LogP contribution in [0.1, 0.15) is 21.7 Å². The van der Waals surface area contributed by atoms with Crippen molar-refractivity contribution >= 4 is 11.6 Å². The maximum atomic E-state index is 12.5. The first-order chi connectivity index (χ1) is 13.7. The van der Waals surface area contributed by atoms with Crippen LogP contribution in [0.5, 0.6) is 5.75 Å². The number of nitrogens with zero attached hydrogens (tertiary/aromatic N) is 4. The van der Waals surface area contributed by atoms with E-state index in [1.807, 2.05) is 0 Å². The molecule has 1 saturated heterocycles. The number of rotatable bonds is 5. The lowest BCUT2D eigenvalue weighted by molar-refractivity contribution is -0.274. The van der Waals surface area contributed by atoms with Gasteiger partial charge in [-0.25, -0.2) is 4.98 Å². The first-order valence-electron chi connectivity index (χ1n) is 9.09. The summed E-state index contributed by atoms with van der Waals surface area (Å²) < 4.78 is 41.4. The second-order valence-corrected chi connectivity index (χ2v) is 6.95. The van der Waals surface area contributed by atoms with Gasteiger partial charge in [0.25, 0.3) is 5.91 Å². The van der Waals surface area contributed by atoms with E-state index < -0.39 is 12.3 Å². The van der Waals surface area contributed by atoms with E-state index in [0.29, 0.717) is 12.1 Å². The molecule has 1 N–H and O–H groups in total. The molecule has 0 saturated carbocycles. The number of hydrogen-bond acceptors (Lipinski definition) is 6. The number of carbonyl (C=O) groups is 1. The Hall–Kier alpha value is -2.72. The highest BCUT2D eigenvalue weighted by Gasteiger charge is 2.31. The molecule has 0 aliphatic carbocycles. The molecule has 0 spiro atoms. The molecule has 1 fully saturated rings. The van der Waals surface area contributed by atoms with Crippen LogP contribution in [-0.4, -0.2) is 65.3 Å². The van der Waals surface area contributed by atoms with Crippen LogP contribution in [-0.2, 0) is 6.54 Å². The van der Waals surface area contributed by atoms with Crippen molar-refractivity contribution in [2.24, 2.45) is 0 Å². The normalized spacial score (nSPS) is 15.9. The SMILES string of the molecule is Cc1ccc(NC(=O)c2cnc(CN3CCN(C)CC3)cn2)cc1OC(F)(F)F. The second kappa shape index (κ2) is 8.75. The monoisotopic (exact) mass is 409 g/mol. The largest absolute Gasteiger partial charge is 0.573 e. The number of amides is 1. The van der Waals surface area contributed by atoms with Gasteiger partial charge < -0.3 is 15.0 Å². The summed E-state index contributed by atoms with van der Waals surface area (Å²) in [6.07, 6.45) is -1.90. The fraction of sp³-hybridized carbons (Fsp3) is 0.421. The van der Waals surface area contributed by atoms with Gasteiger partial charge >= 0.3 is 6.36 Å². The van der Waals surface area contributed by atoms with Crippen LogP contribution in [0.2, 0.25) is 0 Å². The molecule has 7 nitrogen and oxygen atoms in total. The molecule has 1 aliphatic heterocycles. The maximum Gasteiger partial charge on any atom is 0.573 e. The Labute approximate surface area is 166 Å². The summed E-state index contributed by atoms with van der Waals surface area (Å²) in [6, 6.07) is 4.04. The molecule has 0 unspecified atom stereocenters. The average Bonchev–Trinajstić information content (AvgIpc) is 2.66. The van der Waals surface area contributed by atoms with Crippen molar-refractivity contribution in [3.05, 3.63) is 47.5 Å². The molecule has 3 rings (SSSR count). The number of alkyl halides is 3. The Morgan fingerprint density at radius 2 is 1.90 bits per heavy atom. The lowest BCUT2D eigenvalue weighted by atomic mass is 10.2. The van der Waals surface area contributed by atoms with E-state index >= 15 is 0 Å². The fourth-order valence-corrected chi connectivity index (χ4v) is 2.90. The Morgan fingerprint density at radius 3 is 2.52 bits per heavy atom. The number of halogens is 3. The summed E-state index contributed by atoms with van der Waals surface area (Å²) in [6.45, 7) is 6.00. The average molecular weight is 409 g/mol. The highest BCUT2D eigenvalue weighted by Crippen LogP contribution is 2.28. The van der Waals surface area contributed by atoms with E-state index in [4.69, 9.17) is 0 Å². The van der Waals surface area contributed by atoms with Crippen LogP contribution in [0.4, 0.5) is 18.9 Å².